The van der Waals surface area contributed by atoms with Crippen LogP contribution in [0.2, 0.25) is 0 Å². The van der Waals surface area contributed by atoms with E-state index < -0.39 is 0 Å². The van der Waals surface area contributed by atoms with E-state index in [1.54, 1.807) is 0 Å². The van der Waals surface area contributed by atoms with Gasteiger partial charge in [-0.3, -0.25) is 4.90 Å². The highest BCUT2D eigenvalue weighted by molar-refractivity contribution is 5.29. The summed E-state index contributed by atoms with van der Waals surface area (Å²) in [7, 11) is 0. The molecule has 118 valence electrons. The van der Waals surface area contributed by atoms with Crippen molar-refractivity contribution in [2.75, 3.05) is 19.7 Å². The van der Waals surface area contributed by atoms with Gasteiger partial charge in [-0.05, 0) is 56.8 Å². The molecular weight excluding hydrogens is 260 g/mol. The van der Waals surface area contributed by atoms with Gasteiger partial charge in [0.25, 0.3) is 0 Å². The largest absolute Gasteiger partial charge is 0.494 e. The van der Waals surface area contributed by atoms with E-state index in [-0.39, 0.29) is 0 Å². The van der Waals surface area contributed by atoms with Crippen molar-refractivity contribution in [1.82, 2.24) is 4.90 Å². The summed E-state index contributed by atoms with van der Waals surface area (Å²) >= 11 is 0. The van der Waals surface area contributed by atoms with Crippen molar-refractivity contribution in [1.29, 1.82) is 0 Å². The number of nitrogens with two attached hydrogens (primary N) is 1. The average molecular weight is 290 g/mol. The van der Waals surface area contributed by atoms with Gasteiger partial charge >= 0.3 is 0 Å². The Bertz CT molecular complexity index is 418. The number of nitrogens with zero attached hydrogens (tertiary/aromatic N) is 1. The molecule has 1 aromatic rings. The Morgan fingerprint density at radius 3 is 2.57 bits per heavy atom. The molecule has 1 heterocycles. The summed E-state index contributed by atoms with van der Waals surface area (Å²) in [6.45, 7) is 9.25. The number of benzene rings is 1. The second-order valence-corrected chi connectivity index (χ2v) is 6.10. The van der Waals surface area contributed by atoms with Crippen LogP contribution in [0.15, 0.2) is 24.3 Å². The Hall–Kier alpha value is -1.06. The second-order valence-electron chi connectivity index (χ2n) is 6.10. The summed E-state index contributed by atoms with van der Waals surface area (Å²) < 4.78 is 5.52. The predicted octanol–water partition coefficient (Wildman–Crippen LogP) is 3.60. The van der Waals surface area contributed by atoms with Crippen molar-refractivity contribution in [3.05, 3.63) is 29.8 Å². The van der Waals surface area contributed by atoms with Crippen LogP contribution in [0, 0.1) is 5.92 Å². The van der Waals surface area contributed by atoms with E-state index in [9.17, 15) is 0 Å². The predicted molar refractivity (Wildman–Crippen MR) is 88.6 cm³/mol. The lowest BCUT2D eigenvalue weighted by molar-refractivity contribution is 0.0772. The van der Waals surface area contributed by atoms with Crippen LogP contribution in [0.4, 0.5) is 0 Å². The van der Waals surface area contributed by atoms with Crippen LogP contribution in [0.3, 0.4) is 0 Å². The fourth-order valence-electron chi connectivity index (χ4n) is 3.47. The number of piperidine rings is 1. The summed E-state index contributed by atoms with van der Waals surface area (Å²) in [5.74, 6) is 1.80. The van der Waals surface area contributed by atoms with E-state index in [2.05, 4.69) is 43.0 Å². The van der Waals surface area contributed by atoms with Gasteiger partial charge in [0.1, 0.15) is 5.75 Å². The average Bonchev–Trinajstić information content (AvgIpc) is 2.54. The van der Waals surface area contributed by atoms with Crippen LogP contribution >= 0.6 is 0 Å². The minimum absolute atomic E-state index is 0.423. The molecule has 0 aromatic heterocycles. The van der Waals surface area contributed by atoms with Gasteiger partial charge < -0.3 is 10.5 Å². The molecule has 1 aliphatic heterocycles. The summed E-state index contributed by atoms with van der Waals surface area (Å²) in [5, 5.41) is 0. The lowest BCUT2D eigenvalue weighted by Crippen LogP contribution is -2.47. The van der Waals surface area contributed by atoms with Crippen LogP contribution in [0.1, 0.15) is 51.6 Å². The molecular formula is C18H30N2O. The summed E-state index contributed by atoms with van der Waals surface area (Å²) in [4.78, 5) is 2.59. The third-order valence-corrected chi connectivity index (χ3v) is 4.89. The Kier molecular flexibility index (Phi) is 6.07. The van der Waals surface area contributed by atoms with E-state index in [4.69, 9.17) is 10.5 Å². The highest BCUT2D eigenvalue weighted by Gasteiger charge is 2.30. The van der Waals surface area contributed by atoms with Gasteiger partial charge in [0.15, 0.2) is 0 Å². The minimum atomic E-state index is 0.423. The van der Waals surface area contributed by atoms with Gasteiger partial charge in [0.2, 0.25) is 0 Å². The molecule has 2 rings (SSSR count). The fourth-order valence-corrected chi connectivity index (χ4v) is 3.47. The highest BCUT2D eigenvalue weighted by Crippen LogP contribution is 2.32. The van der Waals surface area contributed by atoms with Crippen molar-refractivity contribution in [2.45, 2.75) is 52.1 Å². The summed E-state index contributed by atoms with van der Waals surface area (Å²) in [6.07, 6.45) is 3.82. The molecule has 0 bridgehead atoms. The molecule has 1 fully saturated rings. The van der Waals surface area contributed by atoms with Crippen LogP contribution in [0.25, 0.3) is 0 Å². The summed E-state index contributed by atoms with van der Waals surface area (Å²) in [6, 6.07) is 9.47. The standard InChI is InChI=1S/C18H30N2O/c1-4-15-10-11-20(17(12-15)13-19)14(3)16-6-8-18(9-7-16)21-5-2/h6-9,14-15,17H,4-5,10-13,19H2,1-3H3. The molecule has 0 aliphatic carbocycles. The molecule has 0 saturated carbocycles. The molecule has 1 aliphatic rings. The highest BCUT2D eigenvalue weighted by atomic mass is 16.5. The van der Waals surface area contributed by atoms with Crippen LogP contribution in [-0.4, -0.2) is 30.6 Å². The van der Waals surface area contributed by atoms with Gasteiger partial charge in [0.05, 0.1) is 6.61 Å². The third kappa shape index (κ3) is 3.98. The first-order valence-corrected chi connectivity index (χ1v) is 8.38. The van der Waals surface area contributed by atoms with Crippen LogP contribution < -0.4 is 10.5 Å². The molecule has 3 atom stereocenters. The smallest absolute Gasteiger partial charge is 0.119 e. The van der Waals surface area contributed by atoms with Crippen molar-refractivity contribution >= 4 is 0 Å². The number of likely N-dealkylation sites (tertiary alicyclic amines) is 1. The zero-order valence-corrected chi connectivity index (χ0v) is 13.7. The Labute approximate surface area is 129 Å². The van der Waals surface area contributed by atoms with Crippen LogP contribution in [-0.2, 0) is 0 Å². The van der Waals surface area contributed by atoms with E-state index in [1.807, 2.05) is 6.92 Å². The van der Waals surface area contributed by atoms with Crippen LogP contribution in [0.5, 0.6) is 5.75 Å². The van der Waals surface area contributed by atoms with Gasteiger partial charge in [0, 0.05) is 18.6 Å². The van der Waals surface area contributed by atoms with Crippen molar-refractivity contribution in [3.63, 3.8) is 0 Å². The topological polar surface area (TPSA) is 38.5 Å². The molecule has 2 N–H and O–H groups in total. The van der Waals surface area contributed by atoms with Crippen molar-refractivity contribution < 1.29 is 4.74 Å². The molecule has 3 unspecified atom stereocenters. The number of rotatable bonds is 6. The molecule has 0 spiro atoms. The minimum Gasteiger partial charge on any atom is -0.494 e. The van der Waals surface area contributed by atoms with Crippen molar-refractivity contribution in [3.8, 4) is 5.75 Å². The number of hydrogen-bond acceptors (Lipinski definition) is 3. The zero-order valence-electron chi connectivity index (χ0n) is 13.7. The zero-order chi connectivity index (χ0) is 15.2. The van der Waals surface area contributed by atoms with Gasteiger partial charge in [-0.25, -0.2) is 0 Å². The number of ether oxygens (including phenoxy) is 1. The van der Waals surface area contributed by atoms with Gasteiger partial charge in [-0.2, -0.15) is 0 Å². The number of hydrogen-bond donors (Lipinski definition) is 1. The van der Waals surface area contributed by atoms with E-state index >= 15 is 0 Å². The maximum Gasteiger partial charge on any atom is 0.119 e. The molecule has 1 aromatic carbocycles. The molecule has 3 nitrogen and oxygen atoms in total. The molecule has 1 saturated heterocycles. The molecule has 0 radical (unpaired) electrons. The molecule has 21 heavy (non-hydrogen) atoms. The van der Waals surface area contributed by atoms with E-state index in [0.29, 0.717) is 18.7 Å². The maximum absolute atomic E-state index is 6.03. The SMILES string of the molecule is CCOc1ccc(C(C)N2CCC(CC)CC2CN)cc1. The van der Waals surface area contributed by atoms with E-state index in [1.165, 1.54) is 24.8 Å². The Morgan fingerprint density at radius 2 is 2.00 bits per heavy atom. The first-order chi connectivity index (χ1) is 10.2. The maximum atomic E-state index is 6.03. The monoisotopic (exact) mass is 290 g/mol. The lowest BCUT2D eigenvalue weighted by Gasteiger charge is -2.42. The van der Waals surface area contributed by atoms with E-state index in [0.717, 1.165) is 24.8 Å². The Morgan fingerprint density at radius 1 is 1.29 bits per heavy atom. The Balaban J connectivity index is 2.05. The fraction of sp³-hybridized carbons (Fsp3) is 0.667. The lowest BCUT2D eigenvalue weighted by atomic mass is 9.87. The summed E-state index contributed by atoms with van der Waals surface area (Å²) in [5.41, 5.74) is 7.38. The normalized spacial score (nSPS) is 24.8. The second kappa shape index (κ2) is 7.81. The molecule has 0 amide bonds. The van der Waals surface area contributed by atoms with Crippen molar-refractivity contribution in [2.24, 2.45) is 11.7 Å². The quantitative estimate of drug-likeness (QED) is 0.870. The van der Waals surface area contributed by atoms with Gasteiger partial charge in [-0.15, -0.1) is 0 Å². The van der Waals surface area contributed by atoms with Gasteiger partial charge in [-0.1, -0.05) is 25.5 Å². The third-order valence-electron chi connectivity index (χ3n) is 4.89. The molecule has 3 heteroatoms. The first kappa shape index (κ1) is 16.3. The first-order valence-electron chi connectivity index (χ1n) is 8.38.